The van der Waals surface area contributed by atoms with Crippen LogP contribution in [0.2, 0.25) is 0 Å². The highest BCUT2D eigenvalue weighted by Gasteiger charge is 2.38. The monoisotopic (exact) mass is 233 g/mol. The molecule has 0 bridgehead atoms. The quantitative estimate of drug-likeness (QED) is 0.771. The molecule has 2 saturated heterocycles. The summed E-state index contributed by atoms with van der Waals surface area (Å²) in [5, 5.41) is 0. The van der Waals surface area contributed by atoms with Crippen molar-refractivity contribution in [2.75, 3.05) is 24.5 Å². The Morgan fingerprint density at radius 1 is 1.35 bits per heavy atom. The van der Waals surface area contributed by atoms with Gasteiger partial charge in [0.1, 0.15) is 12.1 Å². The van der Waals surface area contributed by atoms with E-state index in [0.717, 1.165) is 37.1 Å². The van der Waals surface area contributed by atoms with Crippen LogP contribution >= 0.6 is 0 Å². The topological polar surface area (TPSA) is 53.1 Å². The van der Waals surface area contributed by atoms with E-state index in [1.54, 1.807) is 6.33 Å². The summed E-state index contributed by atoms with van der Waals surface area (Å²) in [4.78, 5) is 10.8. The molecule has 2 aliphatic heterocycles. The van der Waals surface area contributed by atoms with Gasteiger partial charge in [0.25, 0.3) is 0 Å². The number of hydrogen-bond acceptors (Lipinski definition) is 5. The van der Waals surface area contributed by atoms with Crippen molar-refractivity contribution < 1.29 is 0 Å². The second kappa shape index (κ2) is 4.23. The van der Waals surface area contributed by atoms with Crippen LogP contribution in [0.15, 0.2) is 12.4 Å². The molecule has 0 radical (unpaired) electrons. The highest BCUT2D eigenvalue weighted by Crippen LogP contribution is 2.28. The van der Waals surface area contributed by atoms with E-state index in [4.69, 9.17) is 0 Å². The van der Waals surface area contributed by atoms with Gasteiger partial charge in [-0.15, -0.1) is 0 Å². The van der Waals surface area contributed by atoms with Gasteiger partial charge in [-0.25, -0.2) is 9.97 Å². The Morgan fingerprint density at radius 2 is 2.18 bits per heavy atom. The fourth-order valence-corrected chi connectivity index (χ4v) is 2.73. The zero-order chi connectivity index (χ0) is 11.8. The Labute approximate surface area is 102 Å². The second-order valence-corrected chi connectivity index (χ2v) is 5.21. The molecule has 2 fully saturated rings. The SMILES string of the molecule is Cc1cc(N2CC(C3NNCC3C)C2)ncn1. The third-order valence-corrected chi connectivity index (χ3v) is 3.84. The van der Waals surface area contributed by atoms with Crippen LogP contribution in [-0.2, 0) is 0 Å². The summed E-state index contributed by atoms with van der Waals surface area (Å²) in [7, 11) is 0. The van der Waals surface area contributed by atoms with E-state index in [1.807, 2.05) is 6.92 Å². The maximum absolute atomic E-state index is 4.32. The van der Waals surface area contributed by atoms with Gasteiger partial charge in [-0.1, -0.05) is 6.92 Å². The smallest absolute Gasteiger partial charge is 0.132 e. The van der Waals surface area contributed by atoms with Gasteiger partial charge in [0.15, 0.2) is 0 Å². The molecule has 1 aromatic heterocycles. The molecule has 0 amide bonds. The van der Waals surface area contributed by atoms with Gasteiger partial charge in [-0.3, -0.25) is 10.9 Å². The van der Waals surface area contributed by atoms with Crippen LogP contribution in [0, 0.1) is 18.8 Å². The van der Waals surface area contributed by atoms with Crippen LogP contribution in [0.4, 0.5) is 5.82 Å². The molecule has 17 heavy (non-hydrogen) atoms. The Kier molecular flexibility index (Phi) is 2.72. The van der Waals surface area contributed by atoms with Gasteiger partial charge in [0, 0.05) is 43.4 Å². The zero-order valence-electron chi connectivity index (χ0n) is 10.3. The first-order chi connectivity index (χ1) is 8.24. The Balaban J connectivity index is 1.61. The molecule has 2 unspecified atom stereocenters. The van der Waals surface area contributed by atoms with E-state index in [0.29, 0.717) is 12.0 Å². The number of hydrazine groups is 1. The molecule has 0 saturated carbocycles. The van der Waals surface area contributed by atoms with Crippen LogP contribution in [0.25, 0.3) is 0 Å². The molecule has 0 aliphatic carbocycles. The summed E-state index contributed by atoms with van der Waals surface area (Å²) in [5.41, 5.74) is 7.66. The van der Waals surface area contributed by atoms with E-state index in [-0.39, 0.29) is 0 Å². The van der Waals surface area contributed by atoms with E-state index in [9.17, 15) is 0 Å². The van der Waals surface area contributed by atoms with Gasteiger partial charge in [-0.05, 0) is 12.8 Å². The van der Waals surface area contributed by atoms with Gasteiger partial charge in [0.05, 0.1) is 0 Å². The van der Waals surface area contributed by atoms with Crippen molar-refractivity contribution in [3.05, 3.63) is 18.1 Å². The first kappa shape index (κ1) is 10.9. The summed E-state index contributed by atoms with van der Waals surface area (Å²) in [5.74, 6) is 2.51. The van der Waals surface area contributed by atoms with Gasteiger partial charge in [0.2, 0.25) is 0 Å². The van der Waals surface area contributed by atoms with Crippen LogP contribution in [0.1, 0.15) is 12.6 Å². The first-order valence-electron chi connectivity index (χ1n) is 6.26. The lowest BCUT2D eigenvalue weighted by molar-refractivity contribution is 0.273. The molecule has 1 aromatic rings. The minimum absolute atomic E-state index is 0.606. The second-order valence-electron chi connectivity index (χ2n) is 5.21. The number of aryl methyl sites for hydroxylation is 1. The van der Waals surface area contributed by atoms with Crippen molar-refractivity contribution in [2.24, 2.45) is 11.8 Å². The Morgan fingerprint density at radius 3 is 2.82 bits per heavy atom. The maximum Gasteiger partial charge on any atom is 0.132 e. The zero-order valence-corrected chi connectivity index (χ0v) is 10.3. The first-order valence-corrected chi connectivity index (χ1v) is 6.26. The van der Waals surface area contributed by atoms with E-state index >= 15 is 0 Å². The van der Waals surface area contributed by atoms with Crippen molar-refractivity contribution in [1.82, 2.24) is 20.8 Å². The van der Waals surface area contributed by atoms with Crippen LogP contribution in [-0.4, -0.2) is 35.6 Å². The molecule has 0 spiro atoms. The number of anilines is 1. The largest absolute Gasteiger partial charge is 0.356 e. The van der Waals surface area contributed by atoms with E-state index < -0.39 is 0 Å². The highest BCUT2D eigenvalue weighted by molar-refractivity contribution is 5.42. The Hall–Kier alpha value is -1.20. The molecule has 2 atom stereocenters. The van der Waals surface area contributed by atoms with Gasteiger partial charge < -0.3 is 4.90 Å². The highest BCUT2D eigenvalue weighted by atomic mass is 15.4. The lowest BCUT2D eigenvalue weighted by Gasteiger charge is -2.44. The van der Waals surface area contributed by atoms with Crippen molar-refractivity contribution in [3.63, 3.8) is 0 Å². The molecule has 5 heteroatoms. The average Bonchev–Trinajstić information content (AvgIpc) is 2.63. The number of rotatable bonds is 2. The molecule has 3 heterocycles. The third kappa shape index (κ3) is 2.00. The molecular formula is C12H19N5. The van der Waals surface area contributed by atoms with Crippen molar-refractivity contribution in [2.45, 2.75) is 19.9 Å². The molecule has 2 aliphatic rings. The third-order valence-electron chi connectivity index (χ3n) is 3.84. The standard InChI is InChI=1S/C12H19N5/c1-8-4-15-16-12(8)10-5-17(6-10)11-3-9(2)13-7-14-11/h3,7-8,10,12,15-16H,4-6H2,1-2H3. The summed E-state index contributed by atoms with van der Waals surface area (Å²) >= 11 is 0. The molecule has 92 valence electrons. The lowest BCUT2D eigenvalue weighted by atomic mass is 9.85. The summed E-state index contributed by atoms with van der Waals surface area (Å²) in [6.45, 7) is 7.58. The van der Waals surface area contributed by atoms with E-state index in [1.165, 1.54) is 0 Å². The van der Waals surface area contributed by atoms with Crippen LogP contribution in [0.5, 0.6) is 0 Å². The van der Waals surface area contributed by atoms with Crippen LogP contribution < -0.4 is 15.8 Å². The predicted octanol–water partition coefficient (Wildman–Crippen LogP) is 0.334. The molecule has 3 rings (SSSR count). The van der Waals surface area contributed by atoms with E-state index in [2.05, 4.69) is 38.7 Å². The predicted molar refractivity (Wildman–Crippen MR) is 66.6 cm³/mol. The lowest BCUT2D eigenvalue weighted by Crippen LogP contribution is -2.56. The number of nitrogens with zero attached hydrogens (tertiary/aromatic N) is 3. The van der Waals surface area contributed by atoms with Crippen LogP contribution in [0.3, 0.4) is 0 Å². The van der Waals surface area contributed by atoms with Crippen molar-refractivity contribution in [1.29, 1.82) is 0 Å². The van der Waals surface area contributed by atoms with Gasteiger partial charge >= 0.3 is 0 Å². The number of hydrogen-bond donors (Lipinski definition) is 2. The molecule has 2 N–H and O–H groups in total. The average molecular weight is 233 g/mol. The fraction of sp³-hybridized carbons (Fsp3) is 0.667. The fourth-order valence-electron chi connectivity index (χ4n) is 2.73. The number of nitrogens with one attached hydrogen (secondary N) is 2. The minimum atomic E-state index is 0.606. The minimum Gasteiger partial charge on any atom is -0.356 e. The van der Waals surface area contributed by atoms with Crippen molar-refractivity contribution in [3.8, 4) is 0 Å². The maximum atomic E-state index is 4.32. The Bertz CT molecular complexity index is 402. The molecule has 5 nitrogen and oxygen atoms in total. The van der Waals surface area contributed by atoms with Gasteiger partial charge in [-0.2, -0.15) is 0 Å². The molecule has 0 aromatic carbocycles. The summed E-state index contributed by atoms with van der Waals surface area (Å²) in [6.07, 6.45) is 1.65. The van der Waals surface area contributed by atoms with Crippen molar-refractivity contribution >= 4 is 5.82 Å². The molecular weight excluding hydrogens is 214 g/mol. The normalized spacial score (nSPS) is 29.4. The summed E-state index contributed by atoms with van der Waals surface area (Å²) in [6, 6.07) is 2.66. The summed E-state index contributed by atoms with van der Waals surface area (Å²) < 4.78 is 0. The number of aromatic nitrogens is 2.